The van der Waals surface area contributed by atoms with Gasteiger partial charge in [-0.2, -0.15) is 0 Å². The van der Waals surface area contributed by atoms with E-state index >= 15 is 0 Å². The maximum atomic E-state index is 13.8. The summed E-state index contributed by atoms with van der Waals surface area (Å²) in [5, 5.41) is -0.680. The van der Waals surface area contributed by atoms with Crippen LogP contribution in [0.2, 0.25) is 0 Å². The summed E-state index contributed by atoms with van der Waals surface area (Å²) >= 11 is 0. The van der Waals surface area contributed by atoms with Crippen LogP contribution in [0.4, 0.5) is 0 Å². The summed E-state index contributed by atoms with van der Waals surface area (Å²) < 4.78 is 27.6. The van der Waals surface area contributed by atoms with Crippen molar-refractivity contribution in [1.82, 2.24) is 0 Å². The van der Waals surface area contributed by atoms with Gasteiger partial charge in [-0.15, -0.1) is 0 Å². The summed E-state index contributed by atoms with van der Waals surface area (Å²) in [6, 6.07) is 8.79. The van der Waals surface area contributed by atoms with E-state index in [9.17, 15) is 8.42 Å². The molecule has 1 unspecified atom stereocenters. The first-order chi connectivity index (χ1) is 23.4. The van der Waals surface area contributed by atoms with E-state index < -0.39 is 15.1 Å². The molecule has 272 valence electrons. The van der Waals surface area contributed by atoms with Crippen LogP contribution < -0.4 is 0 Å². The zero-order valence-corrected chi connectivity index (χ0v) is 34.2. The quantitative estimate of drug-likeness (QED) is 0.161. The van der Waals surface area contributed by atoms with Gasteiger partial charge in [0.05, 0.1) is 10.1 Å². The van der Waals surface area contributed by atoms with E-state index in [4.69, 9.17) is 0 Å². The highest BCUT2D eigenvalue weighted by Crippen LogP contribution is 2.41. The first-order valence-electron chi connectivity index (χ1n) is 18.5. The molecule has 2 nitrogen and oxygen atoms in total. The van der Waals surface area contributed by atoms with E-state index in [2.05, 4.69) is 112 Å². The van der Waals surface area contributed by atoms with Crippen LogP contribution in [-0.4, -0.2) is 13.7 Å². The lowest BCUT2D eigenvalue weighted by Crippen LogP contribution is -2.19. The molecule has 1 atom stereocenters. The van der Waals surface area contributed by atoms with Gasteiger partial charge >= 0.3 is 0 Å². The maximum absolute atomic E-state index is 13.8. The lowest BCUT2D eigenvalue weighted by atomic mass is 9.72. The van der Waals surface area contributed by atoms with Crippen molar-refractivity contribution in [3.05, 3.63) is 148 Å². The predicted octanol–water partition coefficient (Wildman–Crippen LogP) is 13.9. The number of hydrogen-bond donors (Lipinski definition) is 0. The van der Waals surface area contributed by atoms with E-state index in [1.165, 1.54) is 47.1 Å². The van der Waals surface area contributed by atoms with E-state index in [1.54, 1.807) is 24.3 Å². The summed E-state index contributed by atoms with van der Waals surface area (Å²) in [5.74, 6) is 0. The molecule has 0 aliphatic heterocycles. The molecular formula is C47H66O2S. The number of benzene rings is 1. The molecule has 1 aromatic rings. The number of rotatable bonds is 16. The Morgan fingerprint density at radius 1 is 0.840 bits per heavy atom. The number of sulfone groups is 1. The van der Waals surface area contributed by atoms with Crippen molar-refractivity contribution in [1.29, 1.82) is 0 Å². The van der Waals surface area contributed by atoms with Gasteiger partial charge in [0.15, 0.2) is 9.84 Å². The molecule has 0 fully saturated rings. The van der Waals surface area contributed by atoms with Crippen molar-refractivity contribution < 1.29 is 8.42 Å². The molecule has 0 saturated heterocycles. The Morgan fingerprint density at radius 3 is 2.02 bits per heavy atom. The normalized spacial score (nSPS) is 17.9. The second-order valence-electron chi connectivity index (χ2n) is 15.7. The minimum Gasteiger partial charge on any atom is -0.223 e. The van der Waals surface area contributed by atoms with Gasteiger partial charge in [0.25, 0.3) is 0 Å². The van der Waals surface area contributed by atoms with Crippen molar-refractivity contribution in [2.75, 3.05) is 0 Å². The molecule has 0 heterocycles. The Hall–Kier alpha value is -3.43. The molecule has 2 rings (SSSR count). The van der Waals surface area contributed by atoms with Crippen LogP contribution in [-0.2, 0) is 9.84 Å². The summed E-state index contributed by atoms with van der Waals surface area (Å²) in [6.45, 7) is 26.4. The summed E-state index contributed by atoms with van der Waals surface area (Å²) in [5.41, 5.74) is 10.3. The highest BCUT2D eigenvalue weighted by atomic mass is 32.2. The molecule has 1 aliphatic carbocycles. The largest absolute Gasteiger partial charge is 0.223 e. The van der Waals surface area contributed by atoms with E-state index in [-0.39, 0.29) is 10.8 Å². The summed E-state index contributed by atoms with van der Waals surface area (Å²) in [4.78, 5) is 0.346. The minimum absolute atomic E-state index is 0.148. The number of hydrogen-bond acceptors (Lipinski definition) is 2. The molecular weight excluding hydrogens is 629 g/mol. The average Bonchev–Trinajstić information content (AvgIpc) is 3.02. The lowest BCUT2D eigenvalue weighted by Gasteiger charge is -2.32. The Bertz CT molecular complexity index is 1700. The van der Waals surface area contributed by atoms with Gasteiger partial charge < -0.3 is 0 Å². The fourth-order valence-electron chi connectivity index (χ4n) is 6.87. The van der Waals surface area contributed by atoms with E-state index in [0.29, 0.717) is 11.3 Å². The highest BCUT2D eigenvalue weighted by molar-refractivity contribution is 7.92. The first-order valence-corrected chi connectivity index (χ1v) is 20.0. The molecule has 1 aromatic carbocycles. The topological polar surface area (TPSA) is 34.1 Å². The molecule has 0 radical (unpaired) electrons. The van der Waals surface area contributed by atoms with Gasteiger partial charge in [0.2, 0.25) is 0 Å². The lowest BCUT2D eigenvalue weighted by molar-refractivity contribution is 0.377. The fraction of sp³-hybridized carbons (Fsp3) is 0.447. The van der Waals surface area contributed by atoms with Crippen molar-refractivity contribution in [3.8, 4) is 0 Å². The van der Waals surface area contributed by atoms with Crippen LogP contribution in [0.15, 0.2) is 153 Å². The Kier molecular flexibility index (Phi) is 16.9. The SMILES string of the molecule is CCCC(C)(C)C(/C=C/C(C)=C/C=C/C(C)=C/CC(/C=C(C)/C=C/C=C(C)/C=C/C1=C(C)CCCC1(C)C)S(=O)(=O)c1ccccc1)=C(C)C. The van der Waals surface area contributed by atoms with Gasteiger partial charge in [0.1, 0.15) is 0 Å². The molecule has 0 N–H and O–H groups in total. The van der Waals surface area contributed by atoms with Crippen molar-refractivity contribution in [3.63, 3.8) is 0 Å². The third-order valence-electron chi connectivity index (χ3n) is 9.74. The first kappa shape index (κ1) is 42.7. The molecule has 0 aromatic heterocycles. The van der Waals surface area contributed by atoms with Crippen LogP contribution in [0.1, 0.15) is 122 Å². The summed E-state index contributed by atoms with van der Waals surface area (Å²) in [7, 11) is -3.58. The van der Waals surface area contributed by atoms with Gasteiger partial charge in [-0.05, 0) is 115 Å². The highest BCUT2D eigenvalue weighted by Gasteiger charge is 2.27. The fourth-order valence-corrected chi connectivity index (χ4v) is 8.50. The second-order valence-corrected chi connectivity index (χ2v) is 17.8. The van der Waals surface area contributed by atoms with Crippen molar-refractivity contribution in [2.45, 2.75) is 132 Å². The van der Waals surface area contributed by atoms with Gasteiger partial charge in [0, 0.05) is 0 Å². The van der Waals surface area contributed by atoms with Crippen LogP contribution in [0.25, 0.3) is 0 Å². The Labute approximate surface area is 307 Å². The van der Waals surface area contributed by atoms with Gasteiger partial charge in [-0.3, -0.25) is 0 Å². The molecule has 0 amide bonds. The molecule has 0 spiro atoms. The molecule has 50 heavy (non-hydrogen) atoms. The molecule has 0 bridgehead atoms. The van der Waals surface area contributed by atoms with E-state index in [0.717, 1.165) is 29.6 Å². The predicted molar refractivity (Wildman–Crippen MR) is 221 cm³/mol. The van der Waals surface area contributed by atoms with Crippen LogP contribution in [0, 0.1) is 10.8 Å². The summed E-state index contributed by atoms with van der Waals surface area (Å²) in [6.07, 6.45) is 31.5. The van der Waals surface area contributed by atoms with Gasteiger partial charge in [-0.1, -0.05) is 166 Å². The Morgan fingerprint density at radius 2 is 1.44 bits per heavy atom. The minimum atomic E-state index is -3.58. The average molecular weight is 695 g/mol. The third-order valence-corrected chi connectivity index (χ3v) is 11.8. The molecule has 1 aliphatic rings. The smallest absolute Gasteiger partial charge is 0.185 e. The van der Waals surface area contributed by atoms with Crippen LogP contribution >= 0.6 is 0 Å². The monoisotopic (exact) mass is 694 g/mol. The molecule has 3 heteroatoms. The maximum Gasteiger partial charge on any atom is 0.185 e. The van der Waals surface area contributed by atoms with Gasteiger partial charge in [-0.25, -0.2) is 8.42 Å². The standard InChI is InChI=1S/C47H66O2S/c1-13-33-46(9,10)44(36(2)3)31-28-38(5)21-17-20-37(4)27-30-43(50(48,49)42-25-15-14-16-26-42)35-40(7)23-18-22-39(6)29-32-45-41(8)24-19-34-47(45,11)12/h14-18,20-23,25-29,31-32,35,43H,13,19,24,30,33-34H2,1-12H3/b20-17+,23-18+,31-28+,32-29+,37-27+,38-21+,39-22+,40-35+. The Balaban J connectivity index is 2.26. The van der Waals surface area contributed by atoms with Crippen molar-refractivity contribution >= 4 is 9.84 Å². The van der Waals surface area contributed by atoms with E-state index in [1.807, 2.05) is 50.3 Å². The zero-order chi connectivity index (χ0) is 37.5. The zero-order valence-electron chi connectivity index (χ0n) is 33.4. The van der Waals surface area contributed by atoms with Crippen LogP contribution in [0.3, 0.4) is 0 Å². The second kappa shape index (κ2) is 19.8. The number of allylic oxidation sites excluding steroid dienone is 19. The third kappa shape index (κ3) is 13.7. The van der Waals surface area contributed by atoms with Crippen molar-refractivity contribution in [2.24, 2.45) is 10.8 Å². The molecule has 0 saturated carbocycles. The van der Waals surface area contributed by atoms with Crippen LogP contribution in [0.5, 0.6) is 0 Å².